The Bertz CT molecular complexity index is 1240. The van der Waals surface area contributed by atoms with Crippen LogP contribution in [0, 0.1) is 0 Å². The number of aromatic nitrogens is 2. The number of carbonyl (C=O) groups is 3. The quantitative estimate of drug-likeness (QED) is 0.108. The van der Waals surface area contributed by atoms with Crippen LogP contribution < -0.4 is 26.5 Å². The Kier molecular flexibility index (Phi) is 8.08. The van der Waals surface area contributed by atoms with Crippen LogP contribution in [0.5, 0.6) is 0 Å². The van der Waals surface area contributed by atoms with Crippen LogP contribution in [0.1, 0.15) is 12.1 Å². The minimum absolute atomic E-state index is 0.0156. The second-order valence-electron chi connectivity index (χ2n) is 7.74. The van der Waals surface area contributed by atoms with E-state index in [0.717, 1.165) is 16.2 Å². The molecule has 4 heterocycles. The van der Waals surface area contributed by atoms with Crippen LogP contribution in [0.15, 0.2) is 47.0 Å². The van der Waals surface area contributed by atoms with E-state index < -0.39 is 29.2 Å². The van der Waals surface area contributed by atoms with E-state index in [0.29, 0.717) is 24.3 Å². The topological polar surface area (TPSA) is 180 Å². The number of hydrogen-bond acceptors (Lipinski definition) is 11. The number of carboxylic acids is 1. The molecule has 1 fully saturated rings. The molecule has 0 aliphatic carbocycles. The first-order valence-electron chi connectivity index (χ1n) is 10.8. The molecule has 0 unspecified atom stereocenters. The number of nitrogens with two attached hydrogens (primary N) is 2. The summed E-state index contributed by atoms with van der Waals surface area (Å²) in [6, 6.07) is 4.49. The van der Waals surface area contributed by atoms with E-state index in [-0.39, 0.29) is 39.7 Å². The summed E-state index contributed by atoms with van der Waals surface area (Å²) in [6.07, 6.45) is 4.09. The van der Waals surface area contributed by atoms with Gasteiger partial charge >= 0.3 is 0 Å². The molecule has 0 radical (unpaired) electrons. The first-order chi connectivity index (χ1) is 17.3. The Morgan fingerprint density at radius 1 is 1.36 bits per heavy atom. The van der Waals surface area contributed by atoms with Crippen LogP contribution in [0.25, 0.3) is 0 Å². The number of anilines is 1. The third kappa shape index (κ3) is 5.31. The van der Waals surface area contributed by atoms with E-state index in [1.807, 2.05) is 18.2 Å². The molecule has 12 nitrogen and oxygen atoms in total. The fraction of sp³-hybridized carbons (Fsp3) is 0.333. The second-order valence-corrected chi connectivity index (χ2v) is 10.5. The number of β-lactam (4-membered cyclic amide) rings is 1. The molecule has 2 aromatic heterocycles. The second kappa shape index (κ2) is 11.2. The molecule has 190 valence electrons. The summed E-state index contributed by atoms with van der Waals surface area (Å²) in [6.45, 7) is 0.804. The summed E-state index contributed by atoms with van der Waals surface area (Å²) in [4.78, 5) is 48.4. The number of thiazole rings is 1. The Hall–Kier alpha value is -3.20. The number of halogens is 1. The SMILES string of the molecule is NCCCO/N=C(\C(=O)N[C@@H]1C(=O)N2C(C(=O)[O-])=C(C[n+]3ccccc3)CS[C@H]12)c1nc(N)sc1Cl. The Balaban J connectivity index is 1.53. The van der Waals surface area contributed by atoms with Crippen LogP contribution in [0.2, 0.25) is 4.34 Å². The maximum Gasteiger partial charge on any atom is 0.276 e. The van der Waals surface area contributed by atoms with E-state index in [4.69, 9.17) is 27.9 Å². The molecule has 1 saturated heterocycles. The van der Waals surface area contributed by atoms with Crippen molar-refractivity contribution in [2.45, 2.75) is 24.4 Å². The third-order valence-electron chi connectivity index (χ3n) is 5.32. The van der Waals surface area contributed by atoms with Gasteiger partial charge in [0.15, 0.2) is 29.8 Å². The summed E-state index contributed by atoms with van der Waals surface area (Å²) < 4.78 is 1.93. The molecule has 2 amide bonds. The molecule has 15 heteroatoms. The van der Waals surface area contributed by atoms with E-state index in [9.17, 15) is 19.5 Å². The summed E-state index contributed by atoms with van der Waals surface area (Å²) in [5, 5.41) is 17.9. The zero-order valence-corrected chi connectivity index (χ0v) is 21.1. The Labute approximate surface area is 218 Å². The van der Waals surface area contributed by atoms with Gasteiger partial charge in [-0.25, -0.2) is 9.55 Å². The van der Waals surface area contributed by atoms with E-state index in [1.54, 1.807) is 17.0 Å². The van der Waals surface area contributed by atoms with E-state index >= 15 is 0 Å². The minimum Gasteiger partial charge on any atom is -0.543 e. The fourth-order valence-corrected chi connectivity index (χ4v) is 5.94. The molecule has 0 bridgehead atoms. The van der Waals surface area contributed by atoms with Crippen molar-refractivity contribution in [3.8, 4) is 0 Å². The van der Waals surface area contributed by atoms with E-state index in [2.05, 4.69) is 15.5 Å². The zero-order valence-electron chi connectivity index (χ0n) is 18.8. The number of aliphatic carboxylic acids is 1. The van der Waals surface area contributed by atoms with Gasteiger partial charge in [0.2, 0.25) is 0 Å². The standard InChI is InChI=1S/C21H22ClN7O5S2/c22-16-12(26-21(24)36-16)13(27-34-8-4-5-23)17(30)25-14-18(31)29-15(20(32)33)11(10-35-19(14)29)9-28-6-2-1-3-7-28/h1-3,6-7,14,19H,4-5,8-10,23H2,(H3-,24,25,26,30,32,33)/b27-13-/t14-,19-/m1/s1. The number of amides is 2. The predicted octanol–water partition coefficient (Wildman–Crippen LogP) is -1.16. The monoisotopic (exact) mass is 551 g/mol. The van der Waals surface area contributed by atoms with Crippen LogP contribution in [-0.4, -0.2) is 63.7 Å². The maximum atomic E-state index is 13.1. The van der Waals surface area contributed by atoms with Gasteiger partial charge in [0.05, 0.1) is 11.7 Å². The molecule has 2 aromatic rings. The molecule has 2 atom stereocenters. The number of carboxylic acid groups (broad SMARTS) is 1. The van der Waals surface area contributed by atoms with Gasteiger partial charge in [-0.05, 0) is 13.0 Å². The van der Waals surface area contributed by atoms with Crippen molar-refractivity contribution in [2.24, 2.45) is 10.9 Å². The van der Waals surface area contributed by atoms with Gasteiger partial charge in [0.25, 0.3) is 11.8 Å². The number of nitrogens with zero attached hydrogens (tertiary/aromatic N) is 4. The lowest BCUT2D eigenvalue weighted by Gasteiger charge is -2.50. The average Bonchev–Trinajstić information content (AvgIpc) is 3.19. The van der Waals surface area contributed by atoms with Crippen molar-refractivity contribution in [1.29, 1.82) is 0 Å². The molecule has 2 aliphatic rings. The number of rotatable bonds is 10. The number of nitrogen functional groups attached to an aromatic ring is 1. The Morgan fingerprint density at radius 3 is 2.75 bits per heavy atom. The van der Waals surface area contributed by atoms with Gasteiger partial charge in [0.1, 0.15) is 28.1 Å². The number of oxime groups is 1. The number of thioether (sulfide) groups is 1. The number of carbonyl (C=O) groups excluding carboxylic acids is 3. The highest BCUT2D eigenvalue weighted by atomic mass is 35.5. The van der Waals surface area contributed by atoms with Crippen LogP contribution >= 0.6 is 34.7 Å². The highest BCUT2D eigenvalue weighted by Crippen LogP contribution is 2.40. The lowest BCUT2D eigenvalue weighted by molar-refractivity contribution is -0.689. The fourth-order valence-electron chi connectivity index (χ4n) is 3.68. The summed E-state index contributed by atoms with van der Waals surface area (Å²) in [5.74, 6) is -2.46. The third-order valence-corrected chi connectivity index (χ3v) is 7.74. The van der Waals surface area contributed by atoms with Gasteiger partial charge in [-0.3, -0.25) is 14.5 Å². The lowest BCUT2D eigenvalue weighted by Crippen LogP contribution is -2.71. The zero-order chi connectivity index (χ0) is 25.8. The summed E-state index contributed by atoms with van der Waals surface area (Å²) >= 11 is 8.46. The van der Waals surface area contributed by atoms with Crippen molar-refractivity contribution in [3.05, 3.63) is 51.9 Å². The van der Waals surface area contributed by atoms with Gasteiger partial charge in [-0.15, -0.1) is 11.8 Å². The minimum atomic E-state index is -1.45. The molecule has 36 heavy (non-hydrogen) atoms. The van der Waals surface area contributed by atoms with Gasteiger partial charge < -0.3 is 31.5 Å². The van der Waals surface area contributed by atoms with Crippen molar-refractivity contribution in [1.82, 2.24) is 15.2 Å². The average molecular weight is 552 g/mol. The summed E-state index contributed by atoms with van der Waals surface area (Å²) in [5.41, 5.74) is 11.3. The van der Waals surface area contributed by atoms with Gasteiger partial charge in [-0.1, -0.05) is 34.2 Å². The molecule has 0 saturated carbocycles. The van der Waals surface area contributed by atoms with Gasteiger partial charge in [-0.2, -0.15) is 0 Å². The van der Waals surface area contributed by atoms with E-state index in [1.165, 1.54) is 11.8 Å². The van der Waals surface area contributed by atoms with Crippen molar-refractivity contribution in [2.75, 3.05) is 24.6 Å². The summed E-state index contributed by atoms with van der Waals surface area (Å²) in [7, 11) is 0. The first kappa shape index (κ1) is 25.9. The van der Waals surface area contributed by atoms with Crippen molar-refractivity contribution >= 4 is 63.3 Å². The molecule has 2 aliphatic heterocycles. The lowest BCUT2D eigenvalue weighted by atomic mass is 10.0. The smallest absolute Gasteiger partial charge is 0.276 e. The molecular weight excluding hydrogens is 530 g/mol. The highest BCUT2D eigenvalue weighted by molar-refractivity contribution is 8.00. The molecule has 0 aromatic carbocycles. The number of fused-ring (bicyclic) bond motifs is 1. The van der Waals surface area contributed by atoms with Crippen molar-refractivity contribution < 1.29 is 28.9 Å². The van der Waals surface area contributed by atoms with Crippen LogP contribution in [0.4, 0.5) is 5.13 Å². The number of hydrogen-bond donors (Lipinski definition) is 3. The first-order valence-corrected chi connectivity index (χ1v) is 13.0. The van der Waals surface area contributed by atoms with Crippen LogP contribution in [-0.2, 0) is 25.8 Å². The molecule has 0 spiro atoms. The predicted molar refractivity (Wildman–Crippen MR) is 131 cm³/mol. The molecular formula is C21H22ClN7O5S2. The Morgan fingerprint density at radius 2 is 2.11 bits per heavy atom. The molecule has 5 N–H and O–H groups in total. The number of nitrogens with one attached hydrogen (secondary N) is 1. The van der Waals surface area contributed by atoms with Crippen LogP contribution in [0.3, 0.4) is 0 Å². The normalized spacial score (nSPS) is 19.6. The van der Waals surface area contributed by atoms with Crippen molar-refractivity contribution in [3.63, 3.8) is 0 Å². The largest absolute Gasteiger partial charge is 0.543 e. The highest BCUT2D eigenvalue weighted by Gasteiger charge is 2.53. The maximum absolute atomic E-state index is 13.1. The molecule has 4 rings (SSSR count). The van der Waals surface area contributed by atoms with Gasteiger partial charge in [0, 0.05) is 23.5 Å². The number of pyridine rings is 1.